The zero-order valence-electron chi connectivity index (χ0n) is 16.3. The average molecular weight is 419 g/mol. The van der Waals surface area contributed by atoms with Crippen molar-refractivity contribution < 1.29 is 23.9 Å². The van der Waals surface area contributed by atoms with Gasteiger partial charge in [0.05, 0.1) is 6.61 Å². The molecule has 2 N–H and O–H groups in total. The number of amides is 2. The standard InChI is InChI=1S/C21H23ClN2O5/c1-14-12-16(22)7-10-18(14)28-11-3-4-20(26)29-13-19(25)24-17-8-5-15(6-9-17)21(27)23-2/h5-10,12H,3-4,11,13H2,1-2H3,(H,23,27)(H,24,25). The molecule has 0 aliphatic rings. The van der Waals surface area contributed by atoms with Gasteiger partial charge >= 0.3 is 5.97 Å². The Morgan fingerprint density at radius 2 is 1.79 bits per heavy atom. The number of benzene rings is 2. The average Bonchev–Trinajstić information content (AvgIpc) is 2.71. The van der Waals surface area contributed by atoms with Crippen molar-refractivity contribution in [1.82, 2.24) is 5.32 Å². The highest BCUT2D eigenvalue weighted by Gasteiger charge is 2.09. The maximum atomic E-state index is 11.9. The van der Waals surface area contributed by atoms with Gasteiger partial charge in [0.25, 0.3) is 11.8 Å². The van der Waals surface area contributed by atoms with E-state index >= 15 is 0 Å². The Morgan fingerprint density at radius 3 is 2.45 bits per heavy atom. The van der Waals surface area contributed by atoms with E-state index in [1.807, 2.05) is 6.92 Å². The van der Waals surface area contributed by atoms with Crippen molar-refractivity contribution in [1.29, 1.82) is 0 Å². The first kappa shape index (κ1) is 22.2. The van der Waals surface area contributed by atoms with Crippen molar-refractivity contribution >= 4 is 35.1 Å². The summed E-state index contributed by atoms with van der Waals surface area (Å²) in [5.74, 6) is -0.442. The Morgan fingerprint density at radius 1 is 1.07 bits per heavy atom. The molecular formula is C21H23ClN2O5. The van der Waals surface area contributed by atoms with Crippen molar-refractivity contribution in [2.45, 2.75) is 19.8 Å². The minimum absolute atomic E-state index is 0.140. The van der Waals surface area contributed by atoms with Crippen LogP contribution in [0.25, 0.3) is 0 Å². The molecule has 2 aromatic carbocycles. The second kappa shape index (κ2) is 11.1. The molecule has 0 saturated carbocycles. The molecule has 0 aliphatic carbocycles. The minimum Gasteiger partial charge on any atom is -0.493 e. The SMILES string of the molecule is CNC(=O)c1ccc(NC(=O)COC(=O)CCCOc2ccc(Cl)cc2C)cc1. The van der Waals surface area contributed by atoms with E-state index in [0.717, 1.165) is 5.56 Å². The predicted molar refractivity (Wildman–Crippen MR) is 110 cm³/mol. The Hall–Kier alpha value is -3.06. The Bertz CT molecular complexity index is 868. The molecule has 8 heteroatoms. The highest BCUT2D eigenvalue weighted by molar-refractivity contribution is 6.30. The van der Waals surface area contributed by atoms with Crippen LogP contribution in [0.5, 0.6) is 5.75 Å². The summed E-state index contributed by atoms with van der Waals surface area (Å²) in [5.41, 5.74) is 1.90. The van der Waals surface area contributed by atoms with Crippen LogP contribution in [-0.2, 0) is 14.3 Å². The topological polar surface area (TPSA) is 93.7 Å². The van der Waals surface area contributed by atoms with Crippen molar-refractivity contribution in [2.24, 2.45) is 0 Å². The third-order valence-electron chi connectivity index (χ3n) is 3.94. The molecule has 0 unspecified atom stereocenters. The first-order chi connectivity index (χ1) is 13.9. The zero-order valence-corrected chi connectivity index (χ0v) is 17.0. The third kappa shape index (κ3) is 7.46. The fraction of sp³-hybridized carbons (Fsp3) is 0.286. The molecule has 0 atom stereocenters. The van der Waals surface area contributed by atoms with Gasteiger partial charge in [0.2, 0.25) is 0 Å². The first-order valence-corrected chi connectivity index (χ1v) is 9.43. The predicted octanol–water partition coefficient (Wildman–Crippen LogP) is 3.35. The summed E-state index contributed by atoms with van der Waals surface area (Å²) in [6, 6.07) is 11.7. The molecule has 154 valence electrons. The summed E-state index contributed by atoms with van der Waals surface area (Å²) < 4.78 is 10.6. The lowest BCUT2D eigenvalue weighted by molar-refractivity contribution is -0.147. The second-order valence-electron chi connectivity index (χ2n) is 6.23. The van der Waals surface area contributed by atoms with Crippen molar-refractivity contribution in [2.75, 3.05) is 25.6 Å². The van der Waals surface area contributed by atoms with E-state index in [1.165, 1.54) is 7.05 Å². The number of halogens is 1. The molecule has 0 aromatic heterocycles. The number of hydrogen-bond donors (Lipinski definition) is 2. The van der Waals surface area contributed by atoms with Crippen LogP contribution in [0.15, 0.2) is 42.5 Å². The molecule has 0 bridgehead atoms. The molecule has 29 heavy (non-hydrogen) atoms. The van der Waals surface area contributed by atoms with Gasteiger partial charge in [-0.25, -0.2) is 0 Å². The number of rotatable bonds is 9. The molecule has 2 aromatic rings. The number of anilines is 1. The molecule has 2 rings (SSSR count). The Balaban J connectivity index is 1.65. The lowest BCUT2D eigenvalue weighted by atomic mass is 10.2. The summed E-state index contributed by atoms with van der Waals surface area (Å²) in [4.78, 5) is 35.1. The van der Waals surface area contributed by atoms with Crippen LogP contribution in [0.4, 0.5) is 5.69 Å². The minimum atomic E-state index is -0.480. The normalized spacial score (nSPS) is 10.2. The lowest BCUT2D eigenvalue weighted by Crippen LogP contribution is -2.21. The van der Waals surface area contributed by atoms with Gasteiger partial charge in [-0.2, -0.15) is 0 Å². The molecule has 7 nitrogen and oxygen atoms in total. The van der Waals surface area contributed by atoms with E-state index in [1.54, 1.807) is 42.5 Å². The van der Waals surface area contributed by atoms with E-state index in [-0.39, 0.29) is 18.9 Å². The molecule has 0 radical (unpaired) electrons. The molecule has 0 aliphatic heterocycles. The smallest absolute Gasteiger partial charge is 0.306 e. The Kier molecular flexibility index (Phi) is 8.48. The number of hydrogen-bond acceptors (Lipinski definition) is 5. The summed E-state index contributed by atoms with van der Waals surface area (Å²) in [6.45, 7) is 1.86. The highest BCUT2D eigenvalue weighted by atomic mass is 35.5. The first-order valence-electron chi connectivity index (χ1n) is 9.05. The van der Waals surface area contributed by atoms with Crippen LogP contribution in [-0.4, -0.2) is 38.0 Å². The number of carbonyl (C=O) groups excluding carboxylic acids is 3. The quantitative estimate of drug-likeness (QED) is 0.481. The summed E-state index contributed by atoms with van der Waals surface area (Å²) in [6.07, 6.45) is 0.601. The van der Waals surface area contributed by atoms with Crippen LogP contribution < -0.4 is 15.4 Å². The molecular weight excluding hydrogens is 396 g/mol. The summed E-state index contributed by atoms with van der Waals surface area (Å²) in [5, 5.41) is 5.75. The van der Waals surface area contributed by atoms with Crippen LogP contribution in [0.1, 0.15) is 28.8 Å². The fourth-order valence-electron chi connectivity index (χ4n) is 2.44. The molecule has 0 heterocycles. The number of aryl methyl sites for hydroxylation is 1. The van der Waals surface area contributed by atoms with E-state index in [0.29, 0.717) is 35.1 Å². The number of ether oxygens (including phenoxy) is 2. The molecule has 2 amide bonds. The maximum Gasteiger partial charge on any atom is 0.306 e. The van der Waals surface area contributed by atoms with E-state index < -0.39 is 11.9 Å². The number of esters is 1. The van der Waals surface area contributed by atoms with Gasteiger partial charge in [0.1, 0.15) is 5.75 Å². The van der Waals surface area contributed by atoms with Crippen molar-refractivity contribution in [3.8, 4) is 5.75 Å². The summed E-state index contributed by atoms with van der Waals surface area (Å²) >= 11 is 5.89. The van der Waals surface area contributed by atoms with E-state index in [2.05, 4.69) is 10.6 Å². The van der Waals surface area contributed by atoms with Crippen molar-refractivity contribution in [3.05, 3.63) is 58.6 Å². The van der Waals surface area contributed by atoms with Crippen LogP contribution in [0, 0.1) is 6.92 Å². The fourth-order valence-corrected chi connectivity index (χ4v) is 2.66. The molecule has 0 saturated heterocycles. The molecule has 0 spiro atoms. The summed E-state index contributed by atoms with van der Waals surface area (Å²) in [7, 11) is 1.54. The van der Waals surface area contributed by atoms with Crippen molar-refractivity contribution in [3.63, 3.8) is 0 Å². The third-order valence-corrected chi connectivity index (χ3v) is 4.18. The van der Waals surface area contributed by atoms with E-state index in [4.69, 9.17) is 21.1 Å². The zero-order chi connectivity index (χ0) is 21.2. The lowest BCUT2D eigenvalue weighted by Gasteiger charge is -2.09. The van der Waals surface area contributed by atoms with Gasteiger partial charge in [-0.3, -0.25) is 14.4 Å². The maximum absolute atomic E-state index is 11.9. The van der Waals surface area contributed by atoms with Gasteiger partial charge < -0.3 is 20.1 Å². The van der Waals surface area contributed by atoms with Gasteiger partial charge in [0.15, 0.2) is 6.61 Å². The van der Waals surface area contributed by atoms with Crippen LogP contribution >= 0.6 is 11.6 Å². The van der Waals surface area contributed by atoms with Gasteiger partial charge in [-0.1, -0.05) is 11.6 Å². The van der Waals surface area contributed by atoms with Gasteiger partial charge in [0, 0.05) is 29.7 Å². The molecule has 0 fully saturated rings. The second-order valence-corrected chi connectivity index (χ2v) is 6.66. The van der Waals surface area contributed by atoms with Gasteiger partial charge in [-0.15, -0.1) is 0 Å². The number of nitrogens with one attached hydrogen (secondary N) is 2. The van der Waals surface area contributed by atoms with Crippen LogP contribution in [0.2, 0.25) is 5.02 Å². The Labute approximate surface area is 174 Å². The highest BCUT2D eigenvalue weighted by Crippen LogP contribution is 2.21. The van der Waals surface area contributed by atoms with E-state index in [9.17, 15) is 14.4 Å². The largest absolute Gasteiger partial charge is 0.493 e. The van der Waals surface area contributed by atoms with Crippen LogP contribution in [0.3, 0.4) is 0 Å². The van der Waals surface area contributed by atoms with Gasteiger partial charge in [-0.05, 0) is 61.4 Å². The number of carbonyl (C=O) groups is 3. The monoisotopic (exact) mass is 418 g/mol.